The summed E-state index contributed by atoms with van der Waals surface area (Å²) in [5.74, 6) is 1.07. The summed E-state index contributed by atoms with van der Waals surface area (Å²) < 4.78 is 7.12. The van der Waals surface area contributed by atoms with E-state index in [-0.39, 0.29) is 0 Å². The van der Waals surface area contributed by atoms with Gasteiger partial charge < -0.3 is 10.1 Å². The third-order valence-electron chi connectivity index (χ3n) is 3.09. The van der Waals surface area contributed by atoms with Crippen LogP contribution >= 0.6 is 11.6 Å². The summed E-state index contributed by atoms with van der Waals surface area (Å²) in [7, 11) is 1.69. The average molecular weight is 264 g/mol. The maximum atomic E-state index is 5.91. The highest BCUT2D eigenvalue weighted by molar-refractivity contribution is 6.30. The Bertz CT molecular complexity index is 562. The van der Waals surface area contributed by atoms with Crippen LogP contribution in [-0.4, -0.2) is 23.4 Å². The van der Waals surface area contributed by atoms with Gasteiger partial charge in [0.1, 0.15) is 5.82 Å². The predicted octanol–water partition coefficient (Wildman–Crippen LogP) is 2.64. The Morgan fingerprint density at radius 3 is 2.89 bits per heavy atom. The first-order valence-electron chi connectivity index (χ1n) is 5.89. The smallest absolute Gasteiger partial charge is 0.133 e. The van der Waals surface area contributed by atoms with Crippen molar-refractivity contribution in [2.45, 2.75) is 13.0 Å². The molecule has 0 unspecified atom stereocenters. The molecule has 1 aromatic heterocycles. The molecule has 94 valence electrons. The lowest BCUT2D eigenvalue weighted by Gasteiger charge is -2.06. The number of benzene rings is 1. The number of nitrogens with zero attached hydrogens (tertiary/aromatic N) is 2. The predicted molar refractivity (Wildman–Crippen MR) is 71.5 cm³/mol. The van der Waals surface area contributed by atoms with Crippen molar-refractivity contribution >= 4 is 17.4 Å². The van der Waals surface area contributed by atoms with Gasteiger partial charge in [0.2, 0.25) is 0 Å². The molecule has 1 N–H and O–H groups in total. The average Bonchev–Trinajstić information content (AvgIpc) is 2.95. The molecule has 1 aliphatic rings. The highest BCUT2D eigenvalue weighted by Gasteiger charge is 2.22. The van der Waals surface area contributed by atoms with Crippen LogP contribution in [0, 0.1) is 0 Å². The quantitative estimate of drug-likeness (QED) is 0.925. The van der Waals surface area contributed by atoms with Gasteiger partial charge in [0.05, 0.1) is 18.0 Å². The van der Waals surface area contributed by atoms with Gasteiger partial charge in [0.25, 0.3) is 0 Å². The molecule has 1 aliphatic heterocycles. The van der Waals surface area contributed by atoms with E-state index in [9.17, 15) is 0 Å². The molecule has 4 nitrogen and oxygen atoms in total. The highest BCUT2D eigenvalue weighted by atomic mass is 35.5. The van der Waals surface area contributed by atoms with Crippen molar-refractivity contribution < 1.29 is 4.74 Å². The second kappa shape index (κ2) is 4.63. The summed E-state index contributed by atoms with van der Waals surface area (Å²) >= 11 is 5.91. The van der Waals surface area contributed by atoms with E-state index in [0.29, 0.717) is 6.61 Å². The van der Waals surface area contributed by atoms with Gasteiger partial charge in [-0.3, -0.25) is 0 Å². The zero-order valence-corrected chi connectivity index (χ0v) is 10.9. The van der Waals surface area contributed by atoms with E-state index in [4.69, 9.17) is 16.3 Å². The molecule has 0 fully saturated rings. The number of nitrogens with one attached hydrogen (secondary N) is 1. The molecule has 0 radical (unpaired) electrons. The van der Waals surface area contributed by atoms with Gasteiger partial charge in [-0.05, 0) is 30.7 Å². The zero-order chi connectivity index (χ0) is 12.5. The molecule has 0 atom stereocenters. The van der Waals surface area contributed by atoms with Gasteiger partial charge in [-0.25, -0.2) is 4.68 Å². The van der Waals surface area contributed by atoms with E-state index in [0.717, 1.165) is 35.2 Å². The van der Waals surface area contributed by atoms with Gasteiger partial charge in [-0.2, -0.15) is 5.10 Å². The Hall–Kier alpha value is -1.52. The van der Waals surface area contributed by atoms with Gasteiger partial charge >= 0.3 is 0 Å². The van der Waals surface area contributed by atoms with Crippen LogP contribution in [0.1, 0.15) is 11.3 Å². The van der Waals surface area contributed by atoms with Crippen molar-refractivity contribution in [1.29, 1.82) is 0 Å². The lowest BCUT2D eigenvalue weighted by atomic mass is 10.2. The lowest BCUT2D eigenvalue weighted by molar-refractivity contribution is 0.180. The number of methoxy groups -OCH3 is 1. The first-order valence-corrected chi connectivity index (χ1v) is 6.27. The fourth-order valence-corrected chi connectivity index (χ4v) is 2.39. The second-order valence-electron chi connectivity index (χ2n) is 4.27. The first-order chi connectivity index (χ1) is 8.79. The van der Waals surface area contributed by atoms with Crippen LogP contribution in [0.4, 0.5) is 5.82 Å². The van der Waals surface area contributed by atoms with Crippen molar-refractivity contribution in [1.82, 2.24) is 9.78 Å². The van der Waals surface area contributed by atoms with Gasteiger partial charge in [-0.1, -0.05) is 11.6 Å². The minimum absolute atomic E-state index is 0.546. The van der Waals surface area contributed by atoms with E-state index in [2.05, 4.69) is 10.4 Å². The largest absolute Gasteiger partial charge is 0.378 e. The van der Waals surface area contributed by atoms with Crippen LogP contribution in [0.3, 0.4) is 0 Å². The van der Waals surface area contributed by atoms with Gasteiger partial charge in [0, 0.05) is 24.2 Å². The van der Waals surface area contributed by atoms with Crippen molar-refractivity contribution in [2.75, 3.05) is 19.0 Å². The molecule has 5 heteroatoms. The first kappa shape index (κ1) is 11.6. The molecular formula is C13H14ClN3O. The molecule has 0 saturated carbocycles. The minimum atomic E-state index is 0.546. The zero-order valence-electron chi connectivity index (χ0n) is 10.1. The number of fused-ring (bicyclic) bond motifs is 1. The monoisotopic (exact) mass is 263 g/mol. The third kappa shape index (κ3) is 1.87. The molecule has 0 bridgehead atoms. The van der Waals surface area contributed by atoms with Gasteiger partial charge in [0.15, 0.2) is 0 Å². The third-order valence-corrected chi connectivity index (χ3v) is 3.34. The summed E-state index contributed by atoms with van der Waals surface area (Å²) in [6, 6.07) is 7.67. The summed E-state index contributed by atoms with van der Waals surface area (Å²) in [6.07, 6.45) is 1.00. The Morgan fingerprint density at radius 2 is 2.17 bits per heavy atom. The lowest BCUT2D eigenvalue weighted by Crippen LogP contribution is -2.05. The Labute approximate surface area is 111 Å². The molecule has 0 saturated heterocycles. The van der Waals surface area contributed by atoms with E-state index in [1.165, 1.54) is 5.56 Å². The van der Waals surface area contributed by atoms with Gasteiger partial charge in [-0.15, -0.1) is 0 Å². The van der Waals surface area contributed by atoms with Crippen LogP contribution in [0.2, 0.25) is 5.02 Å². The Morgan fingerprint density at radius 1 is 1.39 bits per heavy atom. The minimum Gasteiger partial charge on any atom is -0.378 e. The number of ether oxygens (including phenoxy) is 1. The number of halogens is 1. The maximum Gasteiger partial charge on any atom is 0.133 e. The summed E-state index contributed by atoms with van der Waals surface area (Å²) in [4.78, 5) is 0. The highest BCUT2D eigenvalue weighted by Crippen LogP contribution is 2.29. The molecule has 2 heterocycles. The Kier molecular flexibility index (Phi) is 2.97. The molecule has 0 amide bonds. The van der Waals surface area contributed by atoms with Crippen LogP contribution in [-0.2, 0) is 17.8 Å². The molecule has 3 rings (SSSR count). The SMILES string of the molecule is COCc1nn(-c2ccc(Cl)cc2)c2c1CCN2. The van der Waals surface area contributed by atoms with Crippen LogP contribution in [0.5, 0.6) is 0 Å². The van der Waals surface area contributed by atoms with Crippen LogP contribution in [0.15, 0.2) is 24.3 Å². The number of anilines is 1. The number of hydrogen-bond donors (Lipinski definition) is 1. The van der Waals surface area contributed by atoms with E-state index < -0.39 is 0 Å². The Balaban J connectivity index is 2.07. The number of aromatic nitrogens is 2. The van der Waals surface area contributed by atoms with Crippen molar-refractivity contribution in [3.05, 3.63) is 40.5 Å². The molecular weight excluding hydrogens is 250 g/mol. The summed E-state index contributed by atoms with van der Waals surface area (Å²) in [6.45, 7) is 1.50. The van der Waals surface area contributed by atoms with E-state index in [1.807, 2.05) is 28.9 Å². The normalized spacial score (nSPS) is 13.4. The standard InChI is InChI=1S/C13H14ClN3O/c1-18-8-12-11-6-7-15-13(11)17(16-12)10-4-2-9(14)3-5-10/h2-5,15H,6-8H2,1H3. The van der Waals surface area contributed by atoms with Crippen LogP contribution < -0.4 is 5.32 Å². The fraction of sp³-hybridized carbons (Fsp3) is 0.308. The fourth-order valence-electron chi connectivity index (χ4n) is 2.27. The van der Waals surface area contributed by atoms with Crippen molar-refractivity contribution in [2.24, 2.45) is 0 Å². The topological polar surface area (TPSA) is 39.1 Å². The van der Waals surface area contributed by atoms with E-state index in [1.54, 1.807) is 7.11 Å². The van der Waals surface area contributed by atoms with Crippen molar-refractivity contribution in [3.63, 3.8) is 0 Å². The number of hydrogen-bond acceptors (Lipinski definition) is 3. The molecule has 1 aromatic carbocycles. The second-order valence-corrected chi connectivity index (χ2v) is 4.71. The summed E-state index contributed by atoms with van der Waals surface area (Å²) in [5.41, 5.74) is 3.27. The van der Waals surface area contributed by atoms with Crippen LogP contribution in [0.25, 0.3) is 5.69 Å². The molecule has 18 heavy (non-hydrogen) atoms. The molecule has 0 spiro atoms. The maximum absolute atomic E-state index is 5.91. The molecule has 0 aliphatic carbocycles. The van der Waals surface area contributed by atoms with Crippen molar-refractivity contribution in [3.8, 4) is 5.69 Å². The molecule has 2 aromatic rings. The van der Waals surface area contributed by atoms with E-state index >= 15 is 0 Å². The number of rotatable bonds is 3. The summed E-state index contributed by atoms with van der Waals surface area (Å²) in [5, 5.41) is 8.71.